The van der Waals surface area contributed by atoms with Crippen molar-refractivity contribution in [3.8, 4) is 5.69 Å². The Morgan fingerprint density at radius 1 is 1.20 bits per heavy atom. The zero-order valence-corrected chi connectivity index (χ0v) is 15.0. The highest BCUT2D eigenvalue weighted by Gasteiger charge is 2.17. The molecular weight excluding hydrogens is 338 g/mol. The summed E-state index contributed by atoms with van der Waals surface area (Å²) in [6.07, 6.45) is 0. The topological polar surface area (TPSA) is 56.1 Å². The molecule has 0 spiro atoms. The van der Waals surface area contributed by atoms with E-state index in [1.54, 1.807) is 29.9 Å². The molecule has 1 N–H and O–H groups in total. The maximum absolute atomic E-state index is 13.1. The van der Waals surface area contributed by atoms with Crippen molar-refractivity contribution in [3.05, 3.63) is 69.7 Å². The van der Waals surface area contributed by atoms with Crippen LogP contribution >= 0.6 is 11.6 Å². The van der Waals surface area contributed by atoms with Crippen molar-refractivity contribution in [3.63, 3.8) is 0 Å². The van der Waals surface area contributed by atoms with E-state index in [9.17, 15) is 4.79 Å². The molecule has 0 saturated heterocycles. The third kappa shape index (κ3) is 3.74. The van der Waals surface area contributed by atoms with Gasteiger partial charge in [-0.05, 0) is 43.3 Å². The van der Waals surface area contributed by atoms with Gasteiger partial charge in [-0.3, -0.25) is 9.36 Å². The number of para-hydroxylation sites is 1. The summed E-state index contributed by atoms with van der Waals surface area (Å²) in [7, 11) is 1.66. The molecule has 1 atom stereocenters. The molecule has 5 nitrogen and oxygen atoms in total. The summed E-state index contributed by atoms with van der Waals surface area (Å²) in [6, 6.07) is 14.4. The fraction of sp³-hybridized carbons (Fsp3) is 0.263. The maximum Gasteiger partial charge on any atom is 0.266 e. The molecule has 1 aromatic heterocycles. The monoisotopic (exact) mass is 357 g/mol. The summed E-state index contributed by atoms with van der Waals surface area (Å²) in [6.45, 7) is 3.24. The average Bonchev–Trinajstić information content (AvgIpc) is 2.63. The van der Waals surface area contributed by atoms with E-state index >= 15 is 0 Å². The van der Waals surface area contributed by atoms with Gasteiger partial charge >= 0.3 is 0 Å². The van der Waals surface area contributed by atoms with Gasteiger partial charge in [0.05, 0.1) is 29.2 Å². The highest BCUT2D eigenvalue weighted by atomic mass is 35.5. The van der Waals surface area contributed by atoms with Crippen LogP contribution in [0.15, 0.2) is 53.3 Å². The van der Waals surface area contributed by atoms with Crippen molar-refractivity contribution in [1.29, 1.82) is 0 Å². The molecule has 0 saturated carbocycles. The lowest BCUT2D eigenvalue weighted by molar-refractivity contribution is 0.196. The third-order valence-electron chi connectivity index (χ3n) is 4.03. The third-order valence-corrected chi connectivity index (χ3v) is 4.28. The van der Waals surface area contributed by atoms with E-state index < -0.39 is 0 Å². The zero-order chi connectivity index (χ0) is 17.8. The molecule has 0 radical (unpaired) electrons. The van der Waals surface area contributed by atoms with E-state index in [1.807, 2.05) is 37.3 Å². The van der Waals surface area contributed by atoms with E-state index in [0.717, 1.165) is 5.69 Å². The lowest BCUT2D eigenvalue weighted by Crippen LogP contribution is -2.31. The fourth-order valence-electron chi connectivity index (χ4n) is 2.75. The van der Waals surface area contributed by atoms with Crippen LogP contribution in [0.4, 0.5) is 0 Å². The predicted molar refractivity (Wildman–Crippen MR) is 101 cm³/mol. The number of aromatic nitrogens is 2. The lowest BCUT2D eigenvalue weighted by atomic mass is 10.2. The minimum absolute atomic E-state index is 0.0942. The lowest BCUT2D eigenvalue weighted by Gasteiger charge is -2.19. The normalized spacial score (nSPS) is 12.4. The first-order valence-electron chi connectivity index (χ1n) is 8.12. The Balaban J connectivity index is 2.17. The summed E-state index contributed by atoms with van der Waals surface area (Å²) >= 11 is 5.99. The summed E-state index contributed by atoms with van der Waals surface area (Å²) < 4.78 is 6.73. The Hall–Kier alpha value is -2.21. The van der Waals surface area contributed by atoms with E-state index in [-0.39, 0.29) is 11.6 Å². The van der Waals surface area contributed by atoms with Crippen LogP contribution < -0.4 is 10.9 Å². The van der Waals surface area contributed by atoms with Gasteiger partial charge in [0.15, 0.2) is 0 Å². The number of nitrogens with one attached hydrogen (secondary N) is 1. The molecule has 0 amide bonds. The molecule has 25 heavy (non-hydrogen) atoms. The van der Waals surface area contributed by atoms with Gasteiger partial charge in [-0.2, -0.15) is 0 Å². The number of hydrogen-bond acceptors (Lipinski definition) is 4. The quantitative estimate of drug-likeness (QED) is 0.687. The van der Waals surface area contributed by atoms with Gasteiger partial charge in [0.1, 0.15) is 5.82 Å². The first kappa shape index (κ1) is 17.6. The van der Waals surface area contributed by atoms with Gasteiger partial charge in [0.2, 0.25) is 0 Å². The second-order valence-corrected chi connectivity index (χ2v) is 6.21. The Morgan fingerprint density at radius 3 is 2.64 bits per heavy atom. The van der Waals surface area contributed by atoms with Crippen LogP contribution in [0, 0.1) is 0 Å². The first-order valence-corrected chi connectivity index (χ1v) is 8.49. The van der Waals surface area contributed by atoms with E-state index in [0.29, 0.717) is 34.9 Å². The minimum atomic E-state index is -0.122. The van der Waals surface area contributed by atoms with Crippen LogP contribution in [-0.2, 0) is 4.74 Å². The molecule has 0 unspecified atom stereocenters. The van der Waals surface area contributed by atoms with Crippen molar-refractivity contribution in [2.45, 2.75) is 13.0 Å². The summed E-state index contributed by atoms with van der Waals surface area (Å²) in [5, 5.41) is 4.55. The molecule has 3 aromatic rings. The van der Waals surface area contributed by atoms with Gasteiger partial charge in [0, 0.05) is 18.7 Å². The van der Waals surface area contributed by atoms with Crippen molar-refractivity contribution in [1.82, 2.24) is 14.9 Å². The number of methoxy groups -OCH3 is 1. The van der Waals surface area contributed by atoms with Gasteiger partial charge in [-0.15, -0.1) is 0 Å². The minimum Gasteiger partial charge on any atom is -0.383 e. The summed E-state index contributed by atoms with van der Waals surface area (Å²) in [5.41, 5.74) is 1.33. The van der Waals surface area contributed by atoms with Gasteiger partial charge in [-0.1, -0.05) is 23.7 Å². The molecule has 2 aromatic carbocycles. The van der Waals surface area contributed by atoms with Crippen LogP contribution in [0.25, 0.3) is 16.6 Å². The fourth-order valence-corrected chi connectivity index (χ4v) is 2.87. The Kier molecular flexibility index (Phi) is 5.48. The largest absolute Gasteiger partial charge is 0.383 e. The van der Waals surface area contributed by atoms with E-state index in [1.165, 1.54) is 0 Å². The van der Waals surface area contributed by atoms with Crippen LogP contribution in [0.2, 0.25) is 5.02 Å². The molecule has 6 heteroatoms. The summed E-state index contributed by atoms with van der Waals surface area (Å²) in [4.78, 5) is 17.8. The van der Waals surface area contributed by atoms with E-state index in [4.69, 9.17) is 21.3 Å². The van der Waals surface area contributed by atoms with E-state index in [2.05, 4.69) is 5.32 Å². The number of nitrogens with zero attached hydrogens (tertiary/aromatic N) is 2. The Labute approximate surface area is 151 Å². The predicted octanol–water partition coefficient (Wildman–Crippen LogP) is 3.34. The number of ether oxygens (including phenoxy) is 1. The van der Waals surface area contributed by atoms with Gasteiger partial charge in [-0.25, -0.2) is 4.98 Å². The van der Waals surface area contributed by atoms with Crippen molar-refractivity contribution < 1.29 is 4.74 Å². The second kappa shape index (κ2) is 7.78. The number of halogens is 1. The SMILES string of the molecule is COCCN[C@H](C)c1nc2ccccc2c(=O)n1-c1ccc(Cl)cc1. The Bertz CT molecular complexity index is 922. The molecule has 0 fully saturated rings. The van der Waals surface area contributed by atoms with Crippen LogP contribution in [0.3, 0.4) is 0 Å². The highest BCUT2D eigenvalue weighted by Crippen LogP contribution is 2.19. The van der Waals surface area contributed by atoms with Crippen LogP contribution in [0.1, 0.15) is 18.8 Å². The van der Waals surface area contributed by atoms with Crippen LogP contribution in [-0.4, -0.2) is 29.8 Å². The molecule has 130 valence electrons. The first-order chi connectivity index (χ1) is 12.1. The van der Waals surface area contributed by atoms with Crippen molar-refractivity contribution >= 4 is 22.5 Å². The molecule has 0 aliphatic carbocycles. The average molecular weight is 358 g/mol. The van der Waals surface area contributed by atoms with Gasteiger partial charge in [0.25, 0.3) is 5.56 Å². The second-order valence-electron chi connectivity index (χ2n) is 5.77. The highest BCUT2D eigenvalue weighted by molar-refractivity contribution is 6.30. The number of rotatable bonds is 6. The molecular formula is C19H20ClN3O2. The Morgan fingerprint density at radius 2 is 1.92 bits per heavy atom. The standard InChI is InChI=1S/C19H20ClN3O2/c1-13(21-11-12-25-2)18-22-17-6-4-3-5-16(17)19(24)23(18)15-9-7-14(20)8-10-15/h3-10,13,21H,11-12H2,1-2H3/t13-/m1/s1. The summed E-state index contributed by atoms with van der Waals surface area (Å²) in [5.74, 6) is 0.655. The molecule has 0 aliphatic heterocycles. The van der Waals surface area contributed by atoms with Crippen molar-refractivity contribution in [2.75, 3.05) is 20.3 Å². The van der Waals surface area contributed by atoms with Crippen molar-refractivity contribution in [2.24, 2.45) is 0 Å². The van der Waals surface area contributed by atoms with Gasteiger partial charge < -0.3 is 10.1 Å². The number of benzene rings is 2. The zero-order valence-electron chi connectivity index (χ0n) is 14.2. The molecule has 0 aliphatic rings. The number of hydrogen-bond donors (Lipinski definition) is 1. The molecule has 0 bridgehead atoms. The number of fused-ring (bicyclic) bond motifs is 1. The molecule has 3 rings (SSSR count). The smallest absolute Gasteiger partial charge is 0.266 e. The maximum atomic E-state index is 13.1. The van der Waals surface area contributed by atoms with Crippen LogP contribution in [0.5, 0.6) is 0 Å². The molecule has 1 heterocycles.